The molecule has 1 N–H and O–H groups in total. The summed E-state index contributed by atoms with van der Waals surface area (Å²) in [6, 6.07) is 4.65. The van der Waals surface area contributed by atoms with E-state index in [0.717, 1.165) is 31.4 Å². The van der Waals surface area contributed by atoms with Gasteiger partial charge in [-0.2, -0.15) is 13.2 Å². The van der Waals surface area contributed by atoms with Gasteiger partial charge >= 0.3 is 6.18 Å². The number of alkyl halides is 3. The summed E-state index contributed by atoms with van der Waals surface area (Å²) in [6.45, 7) is -0.102. The van der Waals surface area contributed by atoms with Crippen LogP contribution in [0.3, 0.4) is 0 Å². The molecule has 2 rings (SSSR count). The van der Waals surface area contributed by atoms with Crippen LogP contribution in [-0.4, -0.2) is 20.2 Å². The molecule has 1 aliphatic rings. The average molecular weight is 345 g/mol. The van der Waals surface area contributed by atoms with Crippen LogP contribution in [0.2, 0.25) is 0 Å². The first kappa shape index (κ1) is 17.8. The zero-order valence-corrected chi connectivity index (χ0v) is 13.3. The number of hydrogen-bond acceptors (Lipinski definition) is 2. The van der Waals surface area contributed by atoms with Crippen molar-refractivity contribution in [3.63, 3.8) is 0 Å². The second-order valence-electron chi connectivity index (χ2n) is 5.51. The van der Waals surface area contributed by atoms with Crippen molar-refractivity contribution in [1.82, 2.24) is 4.72 Å². The van der Waals surface area contributed by atoms with E-state index in [1.54, 1.807) is 0 Å². The summed E-state index contributed by atoms with van der Waals surface area (Å²) in [4.78, 5) is 0. The third kappa shape index (κ3) is 5.26. The van der Waals surface area contributed by atoms with Crippen LogP contribution in [0.15, 0.2) is 24.3 Å². The van der Waals surface area contributed by atoms with Crippen LogP contribution in [-0.2, 0) is 16.2 Å². The van der Waals surface area contributed by atoms with Gasteiger partial charge in [-0.25, -0.2) is 13.1 Å². The van der Waals surface area contributed by atoms with Gasteiger partial charge in [-0.1, -0.05) is 37.2 Å². The molecule has 1 saturated carbocycles. The molecule has 0 spiro atoms. The maximum atomic E-state index is 12.6. The lowest BCUT2D eigenvalue weighted by molar-refractivity contribution is -0.137. The predicted octanol–water partition coefficient (Wildman–Crippen LogP) is 3.31. The minimum absolute atomic E-state index is 0.102. The molecule has 0 radical (unpaired) electrons. The number of hydrogen-bond donors (Lipinski definition) is 1. The van der Waals surface area contributed by atoms with Crippen LogP contribution in [0.5, 0.6) is 0 Å². The largest absolute Gasteiger partial charge is 0.416 e. The highest BCUT2D eigenvalue weighted by atomic mass is 32.2. The van der Waals surface area contributed by atoms with Crippen molar-refractivity contribution in [2.24, 2.45) is 0 Å². The van der Waals surface area contributed by atoms with Gasteiger partial charge in [-0.15, -0.1) is 0 Å². The normalized spacial score (nSPS) is 16.7. The van der Waals surface area contributed by atoms with E-state index in [9.17, 15) is 21.6 Å². The van der Waals surface area contributed by atoms with Gasteiger partial charge in [0.05, 0.1) is 17.4 Å². The summed E-state index contributed by atoms with van der Waals surface area (Å²) < 4.78 is 64.3. The van der Waals surface area contributed by atoms with Crippen molar-refractivity contribution >= 4 is 10.0 Å². The van der Waals surface area contributed by atoms with Crippen LogP contribution in [0, 0.1) is 11.8 Å². The van der Waals surface area contributed by atoms with E-state index < -0.39 is 21.8 Å². The molecular formula is C16H18F3NO2S. The summed E-state index contributed by atoms with van der Waals surface area (Å²) in [5.74, 6) is 5.12. The molecule has 0 aliphatic heterocycles. The van der Waals surface area contributed by atoms with Crippen molar-refractivity contribution in [3.05, 3.63) is 35.4 Å². The molecule has 23 heavy (non-hydrogen) atoms. The van der Waals surface area contributed by atoms with E-state index in [4.69, 9.17) is 0 Å². The Morgan fingerprint density at radius 2 is 1.87 bits per heavy atom. The maximum Gasteiger partial charge on any atom is 0.416 e. The zero-order valence-electron chi connectivity index (χ0n) is 12.5. The Balaban J connectivity index is 1.95. The fraction of sp³-hybridized carbons (Fsp3) is 0.500. The molecule has 0 saturated heterocycles. The van der Waals surface area contributed by atoms with Crippen molar-refractivity contribution in [1.29, 1.82) is 0 Å². The summed E-state index contributed by atoms with van der Waals surface area (Å²) in [7, 11) is -3.40. The molecular weight excluding hydrogens is 327 g/mol. The van der Waals surface area contributed by atoms with Crippen LogP contribution in [0.4, 0.5) is 13.2 Å². The molecule has 0 heterocycles. The number of benzene rings is 1. The zero-order chi connectivity index (χ0) is 16.9. The third-order valence-corrected chi connectivity index (χ3v) is 5.67. The highest BCUT2D eigenvalue weighted by Gasteiger charge is 2.30. The number of nitrogens with one attached hydrogen (secondary N) is 1. The molecule has 0 unspecified atom stereocenters. The van der Waals surface area contributed by atoms with Gasteiger partial charge < -0.3 is 0 Å². The van der Waals surface area contributed by atoms with Gasteiger partial charge in [0.1, 0.15) is 0 Å². The molecule has 0 amide bonds. The van der Waals surface area contributed by atoms with Crippen molar-refractivity contribution in [3.8, 4) is 11.8 Å². The third-order valence-electron chi connectivity index (χ3n) is 3.78. The number of sulfonamides is 1. The Labute approximate surface area is 134 Å². The lowest BCUT2D eigenvalue weighted by Crippen LogP contribution is -2.35. The monoisotopic (exact) mass is 345 g/mol. The predicted molar refractivity (Wildman–Crippen MR) is 82.1 cm³/mol. The summed E-state index contributed by atoms with van der Waals surface area (Å²) in [6.07, 6.45) is -0.253. The van der Waals surface area contributed by atoms with Crippen molar-refractivity contribution < 1.29 is 21.6 Å². The van der Waals surface area contributed by atoms with Gasteiger partial charge in [0, 0.05) is 5.56 Å². The second-order valence-corrected chi connectivity index (χ2v) is 7.55. The highest BCUT2D eigenvalue weighted by molar-refractivity contribution is 7.90. The minimum atomic E-state index is -4.42. The van der Waals surface area contributed by atoms with Crippen LogP contribution < -0.4 is 4.72 Å². The highest BCUT2D eigenvalue weighted by Crippen LogP contribution is 2.29. The molecule has 7 heteroatoms. The first-order valence-electron chi connectivity index (χ1n) is 7.44. The van der Waals surface area contributed by atoms with Gasteiger partial charge in [-0.05, 0) is 31.0 Å². The maximum absolute atomic E-state index is 12.6. The van der Waals surface area contributed by atoms with E-state index in [1.807, 2.05) is 0 Å². The van der Waals surface area contributed by atoms with E-state index in [-0.39, 0.29) is 17.4 Å². The smallest absolute Gasteiger partial charge is 0.212 e. The molecule has 3 nitrogen and oxygen atoms in total. The average Bonchev–Trinajstić information content (AvgIpc) is 2.52. The quantitative estimate of drug-likeness (QED) is 0.855. The first-order valence-corrected chi connectivity index (χ1v) is 8.98. The Bertz CT molecular complexity index is 696. The van der Waals surface area contributed by atoms with E-state index in [2.05, 4.69) is 16.6 Å². The van der Waals surface area contributed by atoms with Gasteiger partial charge in [0.15, 0.2) is 0 Å². The molecule has 0 aromatic heterocycles. The summed E-state index contributed by atoms with van der Waals surface area (Å²) in [5.41, 5.74) is -0.566. The van der Waals surface area contributed by atoms with E-state index in [1.165, 1.54) is 12.1 Å². The molecule has 126 valence electrons. The minimum Gasteiger partial charge on any atom is -0.212 e. The molecule has 0 bridgehead atoms. The van der Waals surface area contributed by atoms with Crippen molar-refractivity contribution in [2.45, 2.75) is 43.5 Å². The van der Waals surface area contributed by atoms with E-state index in [0.29, 0.717) is 12.8 Å². The SMILES string of the molecule is O=S(=O)(NCC#Cc1cccc(C(F)(F)F)c1)C1CCCCC1. The Morgan fingerprint density at radius 1 is 1.17 bits per heavy atom. The molecule has 1 fully saturated rings. The van der Waals surface area contributed by atoms with E-state index >= 15 is 0 Å². The Kier molecular flexibility index (Phi) is 5.71. The first-order chi connectivity index (χ1) is 10.8. The number of rotatable bonds is 3. The molecule has 0 atom stereocenters. The van der Waals surface area contributed by atoms with Gasteiger partial charge in [0.25, 0.3) is 0 Å². The Morgan fingerprint density at radius 3 is 2.52 bits per heavy atom. The van der Waals surface area contributed by atoms with Crippen LogP contribution in [0.1, 0.15) is 43.2 Å². The van der Waals surface area contributed by atoms with Crippen LogP contribution >= 0.6 is 0 Å². The number of halogens is 3. The second kappa shape index (κ2) is 7.37. The van der Waals surface area contributed by atoms with Crippen LogP contribution in [0.25, 0.3) is 0 Å². The lowest BCUT2D eigenvalue weighted by atomic mass is 10.0. The summed E-state index contributed by atoms with van der Waals surface area (Å²) >= 11 is 0. The molecule has 1 aromatic carbocycles. The fourth-order valence-electron chi connectivity index (χ4n) is 2.55. The molecule has 1 aromatic rings. The topological polar surface area (TPSA) is 46.2 Å². The lowest BCUT2D eigenvalue weighted by Gasteiger charge is -2.21. The Hall–Kier alpha value is -1.52. The van der Waals surface area contributed by atoms with Gasteiger partial charge in [-0.3, -0.25) is 0 Å². The molecule has 1 aliphatic carbocycles. The van der Waals surface area contributed by atoms with Gasteiger partial charge in [0.2, 0.25) is 10.0 Å². The standard InChI is InChI=1S/C16H18F3NO2S/c17-16(18,19)14-8-4-6-13(12-14)7-5-11-20-23(21,22)15-9-2-1-3-10-15/h4,6,8,12,15,20H,1-3,9-11H2. The van der Waals surface area contributed by atoms with Crippen molar-refractivity contribution in [2.75, 3.05) is 6.54 Å². The summed E-state index contributed by atoms with van der Waals surface area (Å²) in [5, 5.41) is -0.383. The fourth-order valence-corrected chi connectivity index (χ4v) is 4.01.